The van der Waals surface area contributed by atoms with Gasteiger partial charge in [0, 0.05) is 45.7 Å². The number of allylic oxidation sites excluding steroid dienone is 2. The lowest BCUT2D eigenvalue weighted by Gasteiger charge is -2.28. The number of H-pyrrole nitrogens is 1. The topological polar surface area (TPSA) is 186 Å². The van der Waals surface area contributed by atoms with Gasteiger partial charge in [-0.3, -0.25) is 19.2 Å². The molecule has 1 aromatic heterocycles. The minimum Gasteiger partial charge on any atom is -0.461 e. The van der Waals surface area contributed by atoms with Crippen molar-refractivity contribution in [3.63, 3.8) is 0 Å². The van der Waals surface area contributed by atoms with Crippen molar-refractivity contribution < 1.29 is 57.1 Å². The van der Waals surface area contributed by atoms with Crippen LogP contribution in [0.25, 0.3) is 0 Å². The Hall–Kier alpha value is -3.67. The lowest BCUT2D eigenvalue weighted by molar-refractivity contribution is -0.149. The third-order valence-corrected chi connectivity index (χ3v) is 12.5. The molecule has 1 rings (SSSR count). The molecule has 16 heteroatoms. The molecule has 0 saturated heterocycles. The maximum absolute atomic E-state index is 14.2. The second kappa shape index (κ2) is 55.1. The fourth-order valence-electron chi connectivity index (χ4n) is 7.96. The van der Waals surface area contributed by atoms with Crippen molar-refractivity contribution in [1.82, 2.24) is 20.2 Å². The lowest BCUT2D eigenvalue weighted by Crippen LogP contribution is -2.45. The number of esters is 2. The molecule has 0 bridgehead atoms. The molecule has 0 saturated carbocycles. The van der Waals surface area contributed by atoms with E-state index in [4.69, 9.17) is 37.9 Å². The Morgan fingerprint density at radius 2 is 1.00 bits per heavy atom. The number of imidazole rings is 1. The standard InChI is InChI=1S/C59H106N4O12/c1-4-7-10-13-16-24-32-41-74-56(64)34-27-20-18-23-30-39-72-52-55(73-40-31-26-19-21-28-35-57(65)75-42-33-25-17-14-11-8-5-2)59(67)63(37-29-22-15-12-9-6-3)38-44-69-46-48-71-50-49-70-47-45-68-43-36-61-58(66)54-51-60-53-62-54/h24-25,32-33,51,53,55H,4-23,26-31,34-50,52H2,1-3H3,(H,60,62)(H,61,66)/b32-24-,33-25-. The van der Waals surface area contributed by atoms with Gasteiger partial charge in [0.1, 0.15) is 18.9 Å². The van der Waals surface area contributed by atoms with Gasteiger partial charge >= 0.3 is 11.9 Å². The van der Waals surface area contributed by atoms with Crippen molar-refractivity contribution in [2.45, 2.75) is 207 Å². The Morgan fingerprint density at radius 3 is 1.55 bits per heavy atom. The Morgan fingerprint density at radius 1 is 0.520 bits per heavy atom. The van der Waals surface area contributed by atoms with Crippen LogP contribution < -0.4 is 5.32 Å². The molecule has 2 N–H and O–H groups in total. The molecule has 0 aromatic carbocycles. The van der Waals surface area contributed by atoms with E-state index in [0.29, 0.717) is 117 Å². The normalized spacial score (nSPS) is 12.0. The van der Waals surface area contributed by atoms with E-state index in [1.54, 1.807) is 0 Å². The SMILES string of the molecule is CCCCCC/C=C\COC(=O)CCCCCCCOCC(OCCCCCCCC(=O)OC/C=C\CCCCCC)C(=O)N(CCCCCCCC)CCOCCOCCOCCOCCNC(=O)c1cnc[nH]1. The molecule has 0 aliphatic rings. The summed E-state index contributed by atoms with van der Waals surface area (Å²) in [6.07, 6.45) is 38.9. The molecule has 1 atom stereocenters. The van der Waals surface area contributed by atoms with E-state index in [2.05, 4.69) is 48.2 Å². The summed E-state index contributed by atoms with van der Waals surface area (Å²) >= 11 is 0. The number of nitrogens with zero attached hydrogens (tertiary/aromatic N) is 2. The van der Waals surface area contributed by atoms with Gasteiger partial charge in [-0.1, -0.05) is 154 Å². The zero-order chi connectivity index (χ0) is 54.2. The molecular weight excluding hydrogens is 957 g/mol. The van der Waals surface area contributed by atoms with Crippen molar-refractivity contribution >= 4 is 23.8 Å². The van der Waals surface area contributed by atoms with E-state index in [1.807, 2.05) is 17.1 Å². The summed E-state index contributed by atoms with van der Waals surface area (Å²) in [4.78, 5) is 59.0. The molecule has 1 heterocycles. The highest BCUT2D eigenvalue weighted by molar-refractivity contribution is 5.91. The van der Waals surface area contributed by atoms with E-state index < -0.39 is 6.10 Å². The van der Waals surface area contributed by atoms with Gasteiger partial charge in [-0.05, 0) is 57.8 Å². The second-order valence-corrected chi connectivity index (χ2v) is 19.2. The van der Waals surface area contributed by atoms with E-state index in [0.717, 1.165) is 96.3 Å². The minimum absolute atomic E-state index is 0.0670. The molecule has 0 aliphatic heterocycles. The maximum Gasteiger partial charge on any atom is 0.306 e. The summed E-state index contributed by atoms with van der Waals surface area (Å²) < 4.78 is 45.9. The third-order valence-electron chi connectivity index (χ3n) is 12.5. The number of unbranched alkanes of at least 4 members (excludes halogenated alkanes) is 21. The van der Waals surface area contributed by atoms with Crippen LogP contribution in [0.5, 0.6) is 0 Å². The summed E-state index contributed by atoms with van der Waals surface area (Å²) in [7, 11) is 0. The van der Waals surface area contributed by atoms with E-state index in [-0.39, 0.29) is 30.4 Å². The van der Waals surface area contributed by atoms with Gasteiger partial charge in [-0.25, -0.2) is 4.98 Å². The second-order valence-electron chi connectivity index (χ2n) is 19.2. The minimum atomic E-state index is -0.714. The van der Waals surface area contributed by atoms with Gasteiger partial charge < -0.3 is 53.1 Å². The first kappa shape index (κ1) is 69.3. The van der Waals surface area contributed by atoms with Gasteiger partial charge in [0.2, 0.25) is 0 Å². The number of amides is 2. The quantitative estimate of drug-likeness (QED) is 0.0357. The van der Waals surface area contributed by atoms with Gasteiger partial charge in [-0.15, -0.1) is 0 Å². The van der Waals surface area contributed by atoms with Crippen molar-refractivity contribution in [3.8, 4) is 0 Å². The summed E-state index contributed by atoms with van der Waals surface area (Å²) in [6, 6.07) is 0. The first-order valence-corrected chi connectivity index (χ1v) is 29.6. The van der Waals surface area contributed by atoms with Crippen LogP contribution in [0.4, 0.5) is 0 Å². The van der Waals surface area contributed by atoms with E-state index in [1.165, 1.54) is 83.2 Å². The number of aromatic nitrogens is 2. The van der Waals surface area contributed by atoms with Crippen LogP contribution in [-0.4, -0.2) is 150 Å². The van der Waals surface area contributed by atoms with Crippen LogP contribution in [0.2, 0.25) is 0 Å². The zero-order valence-electron chi connectivity index (χ0n) is 47.4. The highest BCUT2D eigenvalue weighted by atomic mass is 16.6. The molecule has 0 spiro atoms. The molecule has 0 radical (unpaired) electrons. The first-order chi connectivity index (χ1) is 36.9. The van der Waals surface area contributed by atoms with Crippen LogP contribution >= 0.6 is 0 Å². The summed E-state index contributed by atoms with van der Waals surface area (Å²) in [5.74, 6) is -0.575. The predicted octanol–water partition coefficient (Wildman–Crippen LogP) is 11.6. The van der Waals surface area contributed by atoms with Gasteiger partial charge in [0.05, 0.1) is 72.0 Å². The number of aromatic amines is 1. The molecule has 16 nitrogen and oxygen atoms in total. The van der Waals surface area contributed by atoms with Crippen molar-refractivity contribution in [3.05, 3.63) is 42.5 Å². The Balaban J connectivity index is 2.53. The molecule has 0 aliphatic carbocycles. The Bertz CT molecular complexity index is 1500. The average Bonchev–Trinajstić information content (AvgIpc) is 3.97. The maximum atomic E-state index is 14.2. The average molecular weight is 1060 g/mol. The molecule has 0 fully saturated rings. The van der Waals surface area contributed by atoms with Crippen molar-refractivity contribution in [1.29, 1.82) is 0 Å². The zero-order valence-corrected chi connectivity index (χ0v) is 47.4. The monoisotopic (exact) mass is 1060 g/mol. The summed E-state index contributed by atoms with van der Waals surface area (Å²) in [5, 5.41) is 2.75. The number of hydrogen-bond donors (Lipinski definition) is 2. The molecule has 1 aromatic rings. The van der Waals surface area contributed by atoms with Crippen LogP contribution in [0, 0.1) is 0 Å². The van der Waals surface area contributed by atoms with Gasteiger partial charge in [-0.2, -0.15) is 0 Å². The molecular formula is C59H106N4O12. The van der Waals surface area contributed by atoms with Gasteiger partial charge in [0.25, 0.3) is 11.8 Å². The Labute approximate surface area is 454 Å². The number of carbonyl (C=O) groups is 4. The first-order valence-electron chi connectivity index (χ1n) is 29.6. The van der Waals surface area contributed by atoms with Crippen molar-refractivity contribution in [2.75, 3.05) is 106 Å². The molecule has 1 unspecified atom stereocenters. The fraction of sp³-hybridized carbons (Fsp3) is 0.814. The number of nitrogens with one attached hydrogen (secondary N) is 2. The summed E-state index contributed by atoms with van der Waals surface area (Å²) in [6.45, 7) is 13.2. The largest absolute Gasteiger partial charge is 0.461 e. The third kappa shape index (κ3) is 46.2. The number of rotatable bonds is 57. The lowest BCUT2D eigenvalue weighted by atomic mass is 10.1. The highest BCUT2D eigenvalue weighted by Gasteiger charge is 2.25. The molecule has 75 heavy (non-hydrogen) atoms. The van der Waals surface area contributed by atoms with Crippen molar-refractivity contribution in [2.24, 2.45) is 0 Å². The van der Waals surface area contributed by atoms with E-state index in [9.17, 15) is 19.2 Å². The van der Waals surface area contributed by atoms with Crippen LogP contribution in [0.1, 0.15) is 211 Å². The van der Waals surface area contributed by atoms with Crippen LogP contribution in [0.3, 0.4) is 0 Å². The number of ether oxygens (including phenoxy) is 8. The number of carbonyl (C=O) groups excluding carboxylic acids is 4. The van der Waals surface area contributed by atoms with Crippen LogP contribution in [0.15, 0.2) is 36.8 Å². The fourth-order valence-corrected chi connectivity index (χ4v) is 7.96. The molecule has 434 valence electrons. The summed E-state index contributed by atoms with van der Waals surface area (Å²) in [5.41, 5.74) is 0.408. The predicted molar refractivity (Wildman–Crippen MR) is 298 cm³/mol. The highest BCUT2D eigenvalue weighted by Crippen LogP contribution is 2.13. The molecule has 2 amide bonds. The Kier molecular flexibility index (Phi) is 50.9. The van der Waals surface area contributed by atoms with E-state index >= 15 is 0 Å². The van der Waals surface area contributed by atoms with Gasteiger partial charge in [0.15, 0.2) is 6.10 Å². The number of hydrogen-bond acceptors (Lipinski definition) is 13. The van der Waals surface area contributed by atoms with Crippen LogP contribution in [-0.2, 0) is 52.3 Å². The smallest absolute Gasteiger partial charge is 0.306 e.